The molecule has 1 unspecified atom stereocenters. The molecule has 1 aromatic carbocycles. The molecule has 0 radical (unpaired) electrons. The molecule has 2 rings (SSSR count). The van der Waals surface area contributed by atoms with Crippen LogP contribution in [0.3, 0.4) is 0 Å². The number of carboxylic acid groups (broad SMARTS) is 1. The van der Waals surface area contributed by atoms with Gasteiger partial charge >= 0.3 is 5.97 Å². The lowest BCUT2D eigenvalue weighted by atomic mass is 9.96. The maximum absolute atomic E-state index is 12.4. The highest BCUT2D eigenvalue weighted by Gasteiger charge is 2.19. The number of rotatable bonds is 7. The number of aromatic carboxylic acids is 1. The summed E-state index contributed by atoms with van der Waals surface area (Å²) in [5.41, 5.74) is 2.91. The van der Waals surface area contributed by atoms with E-state index in [0.717, 1.165) is 11.3 Å². The van der Waals surface area contributed by atoms with E-state index >= 15 is 0 Å². The molecule has 2 aromatic rings. The van der Waals surface area contributed by atoms with Crippen molar-refractivity contribution in [1.29, 1.82) is 0 Å². The van der Waals surface area contributed by atoms with E-state index in [9.17, 15) is 14.7 Å². The number of nitrogens with zero attached hydrogens (tertiary/aromatic N) is 1. The molecule has 0 aliphatic carbocycles. The Balaban J connectivity index is 2.13. The molecule has 1 amide bonds. The van der Waals surface area contributed by atoms with Gasteiger partial charge in [-0.05, 0) is 43.5 Å². The van der Waals surface area contributed by atoms with Crippen LogP contribution in [-0.4, -0.2) is 29.2 Å². The smallest absolute Gasteiger partial charge is 0.335 e. The second-order valence-corrected chi connectivity index (χ2v) is 6.05. The summed E-state index contributed by atoms with van der Waals surface area (Å²) in [5, 5.41) is 15.9. The quantitative estimate of drug-likeness (QED) is 0.798. The predicted octanol–water partition coefficient (Wildman–Crippen LogP) is 3.27. The van der Waals surface area contributed by atoms with Gasteiger partial charge in [-0.2, -0.15) is 0 Å². The van der Waals surface area contributed by atoms with E-state index in [0.29, 0.717) is 17.0 Å². The van der Waals surface area contributed by atoms with Gasteiger partial charge in [0.15, 0.2) is 0 Å². The summed E-state index contributed by atoms with van der Waals surface area (Å²) < 4.78 is 10.2. The van der Waals surface area contributed by atoms with Gasteiger partial charge in [0.2, 0.25) is 5.91 Å². The molecule has 134 valence electrons. The second kappa shape index (κ2) is 7.94. The Kier molecular flexibility index (Phi) is 5.93. The highest BCUT2D eigenvalue weighted by molar-refractivity contribution is 5.94. The first kappa shape index (κ1) is 18.7. The fourth-order valence-corrected chi connectivity index (χ4v) is 2.92. The normalized spacial score (nSPS) is 12.0. The molecular formula is C18H22N2O5. The Labute approximate surface area is 146 Å². The van der Waals surface area contributed by atoms with Crippen LogP contribution in [0, 0.1) is 13.8 Å². The van der Waals surface area contributed by atoms with Crippen molar-refractivity contribution in [3.63, 3.8) is 0 Å². The fraction of sp³-hybridized carbons (Fsp3) is 0.389. The van der Waals surface area contributed by atoms with Gasteiger partial charge in [0.1, 0.15) is 5.76 Å². The topological polar surface area (TPSA) is 102 Å². The van der Waals surface area contributed by atoms with Gasteiger partial charge in [0, 0.05) is 24.8 Å². The molecule has 7 nitrogen and oxygen atoms in total. The van der Waals surface area contributed by atoms with Gasteiger partial charge in [0.05, 0.1) is 17.9 Å². The van der Waals surface area contributed by atoms with E-state index in [-0.39, 0.29) is 30.4 Å². The Hall–Kier alpha value is -2.67. The molecule has 0 saturated heterocycles. The van der Waals surface area contributed by atoms with Gasteiger partial charge in [0.25, 0.3) is 0 Å². The number of methoxy groups -OCH3 is 1. The molecule has 0 fully saturated rings. The largest absolute Gasteiger partial charge is 0.478 e. The molecule has 2 N–H and O–H groups in total. The lowest BCUT2D eigenvalue weighted by Crippen LogP contribution is -2.15. The van der Waals surface area contributed by atoms with E-state index in [1.54, 1.807) is 6.07 Å². The van der Waals surface area contributed by atoms with E-state index < -0.39 is 5.97 Å². The van der Waals surface area contributed by atoms with Crippen molar-refractivity contribution >= 4 is 17.6 Å². The first-order valence-electron chi connectivity index (χ1n) is 7.90. The van der Waals surface area contributed by atoms with Crippen molar-refractivity contribution in [3.8, 4) is 0 Å². The Morgan fingerprint density at radius 2 is 2.04 bits per heavy atom. The van der Waals surface area contributed by atoms with Crippen LogP contribution >= 0.6 is 0 Å². The Morgan fingerprint density at radius 1 is 1.32 bits per heavy atom. The van der Waals surface area contributed by atoms with Crippen molar-refractivity contribution in [3.05, 3.63) is 46.3 Å². The third-order valence-electron chi connectivity index (χ3n) is 3.91. The number of carboxylic acids is 1. The molecule has 0 aliphatic heterocycles. The molecule has 1 heterocycles. The molecule has 0 saturated carbocycles. The molecular weight excluding hydrogens is 324 g/mol. The first-order chi connectivity index (χ1) is 11.8. The van der Waals surface area contributed by atoms with Crippen molar-refractivity contribution in [2.24, 2.45) is 0 Å². The zero-order valence-corrected chi connectivity index (χ0v) is 14.8. The zero-order valence-electron chi connectivity index (χ0n) is 14.8. The first-order valence-corrected chi connectivity index (χ1v) is 7.90. The maximum Gasteiger partial charge on any atom is 0.335 e. The minimum atomic E-state index is -1.06. The third kappa shape index (κ3) is 4.67. The lowest BCUT2D eigenvalue weighted by molar-refractivity contribution is -0.116. The molecule has 25 heavy (non-hydrogen) atoms. The third-order valence-corrected chi connectivity index (χ3v) is 3.91. The molecule has 7 heteroatoms. The highest BCUT2D eigenvalue weighted by Crippen LogP contribution is 2.26. The molecule has 0 spiro atoms. The van der Waals surface area contributed by atoms with Gasteiger partial charge in [-0.15, -0.1) is 0 Å². The van der Waals surface area contributed by atoms with Crippen LogP contribution in [0.25, 0.3) is 0 Å². The van der Waals surface area contributed by atoms with Gasteiger partial charge < -0.3 is 19.7 Å². The van der Waals surface area contributed by atoms with E-state index in [2.05, 4.69) is 10.5 Å². The predicted molar refractivity (Wildman–Crippen MR) is 91.8 cm³/mol. The zero-order chi connectivity index (χ0) is 18.6. The Morgan fingerprint density at radius 3 is 2.60 bits per heavy atom. The Bertz CT molecular complexity index is 762. The maximum atomic E-state index is 12.4. The molecule has 1 atom stereocenters. The summed E-state index contributed by atoms with van der Waals surface area (Å²) in [5.74, 6) is -0.628. The second-order valence-electron chi connectivity index (χ2n) is 6.05. The van der Waals surface area contributed by atoms with Crippen molar-refractivity contribution in [2.75, 3.05) is 12.4 Å². The molecule has 1 aromatic heterocycles. The van der Waals surface area contributed by atoms with Crippen LogP contribution in [0.15, 0.2) is 22.7 Å². The van der Waals surface area contributed by atoms with Gasteiger partial charge in [-0.3, -0.25) is 4.79 Å². The summed E-state index contributed by atoms with van der Waals surface area (Å²) in [6, 6.07) is 4.66. The number of benzene rings is 1. The molecule has 0 bridgehead atoms. The minimum Gasteiger partial charge on any atom is -0.478 e. The summed E-state index contributed by atoms with van der Waals surface area (Å²) in [7, 11) is 1.52. The number of aryl methyl sites for hydroxylation is 2. The number of anilines is 1. The van der Waals surface area contributed by atoms with Gasteiger partial charge in [-0.1, -0.05) is 12.1 Å². The summed E-state index contributed by atoms with van der Waals surface area (Å²) in [4.78, 5) is 23.6. The van der Waals surface area contributed by atoms with Crippen molar-refractivity contribution in [1.82, 2.24) is 5.16 Å². The summed E-state index contributed by atoms with van der Waals surface area (Å²) >= 11 is 0. The number of amides is 1. The average Bonchev–Trinajstić information content (AvgIpc) is 2.86. The average molecular weight is 346 g/mol. The summed E-state index contributed by atoms with van der Waals surface area (Å²) in [6.07, 6.45) is 0.236. The van der Waals surface area contributed by atoms with Crippen LogP contribution in [0.4, 0.5) is 5.69 Å². The van der Waals surface area contributed by atoms with Crippen LogP contribution < -0.4 is 5.32 Å². The standard InChI is InChI=1S/C18H22N2O5/c1-10(17-11(2)20-25-12(17)3)5-16(21)19-15-7-13(9-24-4)6-14(8-15)18(22)23/h6-8,10H,5,9H2,1-4H3,(H,19,21)(H,22,23). The minimum absolute atomic E-state index is 0.0626. The number of carbonyl (C=O) groups excluding carboxylic acids is 1. The van der Waals surface area contributed by atoms with E-state index in [1.807, 2.05) is 20.8 Å². The number of aromatic nitrogens is 1. The van der Waals surface area contributed by atoms with Crippen LogP contribution in [-0.2, 0) is 16.1 Å². The number of hydrogen-bond donors (Lipinski definition) is 2. The fourth-order valence-electron chi connectivity index (χ4n) is 2.92. The van der Waals surface area contributed by atoms with E-state index in [4.69, 9.17) is 9.26 Å². The van der Waals surface area contributed by atoms with E-state index in [1.165, 1.54) is 19.2 Å². The monoisotopic (exact) mass is 346 g/mol. The number of carbonyl (C=O) groups is 2. The highest BCUT2D eigenvalue weighted by atomic mass is 16.5. The number of nitrogens with one attached hydrogen (secondary N) is 1. The SMILES string of the molecule is COCc1cc(NC(=O)CC(C)c2c(C)noc2C)cc(C(=O)O)c1. The molecule has 0 aliphatic rings. The van der Waals surface area contributed by atoms with Crippen LogP contribution in [0.1, 0.15) is 52.2 Å². The van der Waals surface area contributed by atoms with Crippen LogP contribution in [0.5, 0.6) is 0 Å². The lowest BCUT2D eigenvalue weighted by Gasteiger charge is -2.13. The van der Waals surface area contributed by atoms with Crippen molar-refractivity contribution in [2.45, 2.75) is 39.7 Å². The number of ether oxygens (including phenoxy) is 1. The number of hydrogen-bond acceptors (Lipinski definition) is 5. The van der Waals surface area contributed by atoms with Crippen LogP contribution in [0.2, 0.25) is 0 Å². The van der Waals surface area contributed by atoms with Crippen molar-refractivity contribution < 1.29 is 24.0 Å². The summed E-state index contributed by atoms with van der Waals surface area (Å²) in [6.45, 7) is 5.85. The van der Waals surface area contributed by atoms with Gasteiger partial charge in [-0.25, -0.2) is 4.79 Å².